The van der Waals surface area contributed by atoms with Crippen LogP contribution in [0.4, 0.5) is 14.5 Å². The van der Waals surface area contributed by atoms with Crippen LogP contribution in [0.2, 0.25) is 0 Å². The average Bonchev–Trinajstić information content (AvgIpc) is 3.07. The van der Waals surface area contributed by atoms with Crippen molar-refractivity contribution >= 4 is 15.7 Å². The number of benzene rings is 2. The highest BCUT2D eigenvalue weighted by molar-refractivity contribution is 7.92. The number of anilines is 1. The summed E-state index contributed by atoms with van der Waals surface area (Å²) in [5.41, 5.74) is 0.322. The Kier molecular flexibility index (Phi) is 4.73. The van der Waals surface area contributed by atoms with E-state index in [1.807, 2.05) is 35.1 Å². The molecule has 1 heterocycles. The van der Waals surface area contributed by atoms with Crippen LogP contribution in [0.25, 0.3) is 0 Å². The van der Waals surface area contributed by atoms with E-state index in [4.69, 9.17) is 5.26 Å². The molecule has 0 aliphatic heterocycles. The minimum absolute atomic E-state index is 0.0643. The van der Waals surface area contributed by atoms with Crippen LogP contribution in [-0.2, 0) is 16.4 Å². The summed E-state index contributed by atoms with van der Waals surface area (Å²) in [5.74, 6) is -2.04. The van der Waals surface area contributed by atoms with Gasteiger partial charge in [-0.3, -0.25) is 4.72 Å². The van der Waals surface area contributed by atoms with Gasteiger partial charge in [0.2, 0.25) is 0 Å². The van der Waals surface area contributed by atoms with Crippen LogP contribution in [0, 0.1) is 23.0 Å². The van der Waals surface area contributed by atoms with Crippen LogP contribution >= 0.6 is 0 Å². The lowest BCUT2D eigenvalue weighted by Crippen LogP contribution is -2.15. The van der Waals surface area contributed by atoms with E-state index in [2.05, 4.69) is 4.98 Å². The molecule has 3 aromatic rings. The molecule has 0 aliphatic rings. The number of sulfonamides is 1. The van der Waals surface area contributed by atoms with Gasteiger partial charge in [-0.25, -0.2) is 17.2 Å². The quantitative estimate of drug-likeness (QED) is 0.717. The molecule has 0 amide bonds. The first-order valence-corrected chi connectivity index (χ1v) is 9.00. The molecule has 8 heteroatoms. The molecule has 26 heavy (non-hydrogen) atoms. The lowest BCUT2D eigenvalue weighted by Gasteiger charge is -2.10. The van der Waals surface area contributed by atoms with E-state index in [1.165, 1.54) is 18.5 Å². The molecule has 0 bridgehead atoms. The minimum Gasteiger partial charge on any atom is -0.366 e. The molecule has 0 saturated heterocycles. The smallest absolute Gasteiger partial charge is 0.263 e. The summed E-state index contributed by atoms with van der Waals surface area (Å²) in [6, 6.07) is 12.0. The fraction of sp³-hybridized carbons (Fsp3) is 0.0556. The Labute approximate surface area is 149 Å². The molecule has 5 nitrogen and oxygen atoms in total. The van der Waals surface area contributed by atoms with Crippen molar-refractivity contribution in [2.45, 2.75) is 11.3 Å². The van der Waals surface area contributed by atoms with Crippen molar-refractivity contribution in [2.24, 2.45) is 0 Å². The highest BCUT2D eigenvalue weighted by Gasteiger charge is 2.22. The number of halogens is 2. The fourth-order valence-electron chi connectivity index (χ4n) is 2.50. The Morgan fingerprint density at radius 1 is 1.08 bits per heavy atom. The third-order valence-corrected chi connectivity index (χ3v) is 5.18. The third kappa shape index (κ3) is 3.58. The zero-order valence-corrected chi connectivity index (χ0v) is 14.1. The monoisotopic (exact) mass is 373 g/mol. The summed E-state index contributed by atoms with van der Waals surface area (Å²) in [5, 5.41) is 8.69. The van der Waals surface area contributed by atoms with Gasteiger partial charge >= 0.3 is 0 Å². The van der Waals surface area contributed by atoms with Crippen LogP contribution in [0.3, 0.4) is 0 Å². The molecule has 0 spiro atoms. The Bertz CT molecular complexity index is 1090. The molecule has 132 valence electrons. The molecular formula is C18H13F2N3O2S. The van der Waals surface area contributed by atoms with E-state index in [-0.39, 0.29) is 4.90 Å². The molecule has 0 aliphatic carbocycles. The molecule has 2 aromatic carbocycles. The second-order valence-electron chi connectivity index (χ2n) is 5.54. The predicted molar refractivity (Wildman–Crippen MR) is 91.9 cm³/mol. The van der Waals surface area contributed by atoms with Gasteiger partial charge in [0.15, 0.2) is 0 Å². The van der Waals surface area contributed by atoms with Crippen LogP contribution in [0.15, 0.2) is 59.8 Å². The van der Waals surface area contributed by atoms with Crippen molar-refractivity contribution in [3.05, 3.63) is 83.2 Å². The summed E-state index contributed by atoms with van der Waals surface area (Å²) >= 11 is 0. The molecule has 3 rings (SSSR count). The minimum atomic E-state index is -4.15. The molecule has 0 atom stereocenters. The summed E-state index contributed by atoms with van der Waals surface area (Å²) in [7, 11) is -4.15. The number of nitrogens with zero attached hydrogens (tertiary/aromatic N) is 1. The summed E-state index contributed by atoms with van der Waals surface area (Å²) in [4.78, 5) is 2.66. The molecule has 0 unspecified atom stereocenters. The van der Waals surface area contributed by atoms with Gasteiger partial charge in [0, 0.05) is 24.9 Å². The molecule has 0 fully saturated rings. The van der Waals surface area contributed by atoms with E-state index in [1.54, 1.807) is 0 Å². The first kappa shape index (κ1) is 17.6. The highest BCUT2D eigenvalue weighted by atomic mass is 32.2. The normalized spacial score (nSPS) is 11.1. The number of nitrogens with one attached hydrogen (secondary N) is 2. The Balaban J connectivity index is 1.92. The number of aromatic nitrogens is 1. The third-order valence-electron chi connectivity index (χ3n) is 3.74. The first-order chi connectivity index (χ1) is 12.4. The fourth-order valence-corrected chi connectivity index (χ4v) is 3.75. The topological polar surface area (TPSA) is 85.8 Å². The van der Waals surface area contributed by atoms with Crippen molar-refractivity contribution in [3.63, 3.8) is 0 Å². The standard InChI is InChI=1S/C18H13F2N3O2S/c19-15-8-17(16(20)7-13(15)9-21)23-26(24,25)18-11-22-10-14(18)6-12-4-2-1-3-5-12/h1-5,7-8,10-11,22-23H,6H2. The maximum atomic E-state index is 14.0. The van der Waals surface area contributed by atoms with E-state index < -0.39 is 32.9 Å². The van der Waals surface area contributed by atoms with Crippen LogP contribution in [-0.4, -0.2) is 13.4 Å². The zero-order chi connectivity index (χ0) is 18.7. The van der Waals surface area contributed by atoms with Crippen LogP contribution in [0.5, 0.6) is 0 Å². The average molecular weight is 373 g/mol. The second kappa shape index (κ2) is 6.98. The summed E-state index contributed by atoms with van der Waals surface area (Å²) < 4.78 is 54.9. The Hall–Kier alpha value is -3.18. The maximum absolute atomic E-state index is 14.0. The van der Waals surface area contributed by atoms with Crippen molar-refractivity contribution in [1.29, 1.82) is 5.26 Å². The first-order valence-electron chi connectivity index (χ1n) is 7.52. The van der Waals surface area contributed by atoms with Crippen molar-refractivity contribution in [1.82, 2.24) is 4.98 Å². The molecule has 0 radical (unpaired) electrons. The van der Waals surface area contributed by atoms with E-state index in [9.17, 15) is 17.2 Å². The number of hydrogen-bond acceptors (Lipinski definition) is 3. The van der Waals surface area contributed by atoms with Crippen molar-refractivity contribution in [2.75, 3.05) is 4.72 Å². The molecule has 2 N–H and O–H groups in total. The van der Waals surface area contributed by atoms with Gasteiger partial charge in [-0.15, -0.1) is 0 Å². The SMILES string of the molecule is N#Cc1cc(F)c(NS(=O)(=O)c2c[nH]cc2Cc2ccccc2)cc1F. The summed E-state index contributed by atoms with van der Waals surface area (Å²) in [6.45, 7) is 0. The van der Waals surface area contributed by atoms with Gasteiger partial charge in [-0.1, -0.05) is 30.3 Å². The van der Waals surface area contributed by atoms with Gasteiger partial charge in [-0.2, -0.15) is 5.26 Å². The van der Waals surface area contributed by atoms with E-state index >= 15 is 0 Å². The number of aromatic amines is 1. The largest absolute Gasteiger partial charge is 0.366 e. The number of H-pyrrole nitrogens is 1. The number of hydrogen-bond donors (Lipinski definition) is 2. The highest BCUT2D eigenvalue weighted by Crippen LogP contribution is 2.25. The Morgan fingerprint density at radius 2 is 1.81 bits per heavy atom. The van der Waals surface area contributed by atoms with Gasteiger partial charge in [0.25, 0.3) is 10.0 Å². The van der Waals surface area contributed by atoms with Gasteiger partial charge in [0.05, 0.1) is 11.3 Å². The van der Waals surface area contributed by atoms with Gasteiger partial charge in [0.1, 0.15) is 22.6 Å². The Morgan fingerprint density at radius 3 is 2.50 bits per heavy atom. The molecule has 0 saturated carbocycles. The lowest BCUT2D eigenvalue weighted by atomic mass is 10.1. The van der Waals surface area contributed by atoms with Gasteiger partial charge in [-0.05, 0) is 17.2 Å². The number of rotatable bonds is 5. The zero-order valence-electron chi connectivity index (χ0n) is 13.3. The lowest BCUT2D eigenvalue weighted by molar-refractivity contribution is 0.592. The second-order valence-corrected chi connectivity index (χ2v) is 7.19. The van der Waals surface area contributed by atoms with E-state index in [0.29, 0.717) is 24.1 Å². The molecule has 1 aromatic heterocycles. The van der Waals surface area contributed by atoms with Crippen LogP contribution < -0.4 is 4.72 Å². The van der Waals surface area contributed by atoms with Crippen molar-refractivity contribution in [3.8, 4) is 6.07 Å². The maximum Gasteiger partial charge on any atom is 0.263 e. The number of nitriles is 1. The van der Waals surface area contributed by atoms with E-state index in [0.717, 1.165) is 5.56 Å². The predicted octanol–water partition coefficient (Wildman–Crippen LogP) is 3.56. The van der Waals surface area contributed by atoms with Gasteiger partial charge < -0.3 is 4.98 Å². The molecular weight excluding hydrogens is 360 g/mol. The van der Waals surface area contributed by atoms with Crippen molar-refractivity contribution < 1.29 is 17.2 Å². The summed E-state index contributed by atoms with van der Waals surface area (Å²) in [6.07, 6.45) is 3.17. The van der Waals surface area contributed by atoms with Crippen LogP contribution in [0.1, 0.15) is 16.7 Å².